The molecule has 2 aliphatic rings. The fourth-order valence-electron chi connectivity index (χ4n) is 2.47. The van der Waals surface area contributed by atoms with Gasteiger partial charge in [0.15, 0.2) is 5.78 Å². The maximum atomic E-state index is 12.4. The number of carbonyl (C=O) groups is 1. The number of nitrogens with zero attached hydrogens (tertiary/aromatic N) is 1. The number of benzene rings is 2. The minimum absolute atomic E-state index is 0. The molecule has 2 aromatic rings. The summed E-state index contributed by atoms with van der Waals surface area (Å²) in [6.07, 6.45) is 13.8. The summed E-state index contributed by atoms with van der Waals surface area (Å²) in [7, 11) is -10.7. The first-order chi connectivity index (χ1) is 15.2. The molecule has 34 heavy (non-hydrogen) atoms. The molecule has 1 fully saturated rings. The number of ketones is 1. The number of nitriles is 1. The molecule has 10 heteroatoms. The summed E-state index contributed by atoms with van der Waals surface area (Å²) < 4.78 is 59.2. The van der Waals surface area contributed by atoms with E-state index in [1.807, 2.05) is 105 Å². The monoisotopic (exact) mass is 585 g/mol. The molecule has 0 spiro atoms. The van der Waals surface area contributed by atoms with Crippen molar-refractivity contribution in [2.24, 2.45) is 0 Å². The number of carbonyl (C=O) groups excluding carboxylic acids is 1. The molecule has 182 valence electrons. The Bertz CT molecular complexity index is 934. The normalized spacial score (nSPS) is 16.1. The Morgan fingerprint density at radius 1 is 0.647 bits per heavy atom. The zero-order chi connectivity index (χ0) is 25.0. The van der Waals surface area contributed by atoms with Crippen molar-refractivity contribution >= 4 is 24.7 Å². The average Bonchev–Trinajstić information content (AvgIpc) is 3.41. The van der Waals surface area contributed by atoms with E-state index < -0.39 is 7.81 Å². The number of allylic oxidation sites excluding steroid dienone is 4. The van der Waals surface area contributed by atoms with Crippen molar-refractivity contribution in [3.63, 3.8) is 0 Å². The number of hydrogen-bond acceptors (Lipinski definition) is 2. The summed E-state index contributed by atoms with van der Waals surface area (Å²) >= 11 is 0. The van der Waals surface area contributed by atoms with E-state index in [1.165, 1.54) is 6.92 Å². The van der Waals surface area contributed by atoms with E-state index in [9.17, 15) is 30.0 Å². The summed E-state index contributed by atoms with van der Waals surface area (Å²) in [6.45, 7) is 1.43. The van der Waals surface area contributed by atoms with Crippen molar-refractivity contribution in [2.45, 2.75) is 6.92 Å². The second-order valence-corrected chi connectivity index (χ2v) is 8.28. The summed E-state index contributed by atoms with van der Waals surface area (Å²) in [5.74, 6) is 0.104. The van der Waals surface area contributed by atoms with Crippen LogP contribution in [0.5, 0.6) is 0 Å². The van der Waals surface area contributed by atoms with Gasteiger partial charge in [-0.05, 0) is 55.4 Å². The van der Waals surface area contributed by atoms with Crippen molar-refractivity contribution in [1.29, 1.82) is 5.26 Å². The van der Waals surface area contributed by atoms with Crippen LogP contribution in [-0.2, 0) is 24.3 Å². The first-order valence-electron chi connectivity index (χ1n) is 9.34. The number of halogens is 6. The molecule has 0 heterocycles. The van der Waals surface area contributed by atoms with Crippen LogP contribution in [0.25, 0.3) is 11.1 Å². The van der Waals surface area contributed by atoms with E-state index >= 15 is 0 Å². The van der Waals surface area contributed by atoms with Crippen LogP contribution < -0.4 is 0 Å². The van der Waals surface area contributed by atoms with E-state index in [0.29, 0.717) is 0 Å². The van der Waals surface area contributed by atoms with Gasteiger partial charge in [-0.3, -0.25) is 4.79 Å². The summed E-state index contributed by atoms with van der Waals surface area (Å²) in [5, 5.41) is 7.32. The summed E-state index contributed by atoms with van der Waals surface area (Å²) in [4.78, 5) is 12.4. The fourth-order valence-corrected chi connectivity index (χ4v) is 2.47. The van der Waals surface area contributed by atoms with E-state index in [-0.39, 0.29) is 25.3 Å². The molecule has 0 N–H and O–H groups in total. The van der Waals surface area contributed by atoms with Crippen LogP contribution >= 0.6 is 7.81 Å². The Kier molecular flexibility index (Phi) is 12.1. The van der Waals surface area contributed by atoms with Gasteiger partial charge in [0.2, 0.25) is 0 Å². The van der Waals surface area contributed by atoms with Gasteiger partial charge >= 0.3 is 52.5 Å². The Labute approximate surface area is 208 Å². The predicted octanol–water partition coefficient (Wildman–Crippen LogP) is 8.67. The molecule has 2 aliphatic carbocycles. The van der Waals surface area contributed by atoms with E-state index in [0.717, 1.165) is 22.3 Å². The van der Waals surface area contributed by atoms with Crippen molar-refractivity contribution in [1.82, 2.24) is 0 Å². The molecule has 0 saturated heterocycles. The average molecular weight is 584 g/mol. The Balaban J connectivity index is 0.000000564. The fraction of sp³-hybridized carbons (Fsp3) is 0.0417. The van der Waals surface area contributed by atoms with Gasteiger partial charge in [-0.15, -0.1) is 0 Å². The molecule has 1 saturated carbocycles. The van der Waals surface area contributed by atoms with Gasteiger partial charge in [-0.1, -0.05) is 60.7 Å². The van der Waals surface area contributed by atoms with Gasteiger partial charge < -0.3 is 0 Å². The molecule has 2 aromatic carbocycles. The van der Waals surface area contributed by atoms with Crippen LogP contribution in [0.15, 0.2) is 72.8 Å². The molecular weight excluding hydrogens is 564 g/mol. The van der Waals surface area contributed by atoms with Crippen molar-refractivity contribution in [2.75, 3.05) is 0 Å². The second kappa shape index (κ2) is 13.0. The maximum Gasteiger partial charge on any atom is 1.00 e. The molecule has 4 rings (SSSR count). The van der Waals surface area contributed by atoms with Gasteiger partial charge in [0.1, 0.15) is 0 Å². The maximum absolute atomic E-state index is 12.4. The molecule has 0 unspecified atom stereocenters. The standard InChI is InChI=1S/C17H12O.C5H5.C2H3N.F6P.Ru/c18-17-15(13-7-3-1-4-8-13)11-12-16(17)14-9-5-2-6-10-14;1-2-4-5-3-1;1-2-3;1-7(2,3,4,5)6;/h1-12H;1-5H;1H3;;/q;;;-1;+1. The molecule has 0 aromatic heterocycles. The molecule has 0 bridgehead atoms. The first-order valence-corrected chi connectivity index (χ1v) is 11.4. The van der Waals surface area contributed by atoms with Crippen molar-refractivity contribution < 1.29 is 49.5 Å². The van der Waals surface area contributed by atoms with E-state index in [2.05, 4.69) is 0 Å². The zero-order valence-corrected chi connectivity index (χ0v) is 20.4. The molecule has 0 aliphatic heterocycles. The SMILES string of the molecule is CC#N.F[P-](F)(F)(F)(F)F.O=C1C(c2ccccc2)=CC=C1c1ccccc1.[CH]1[CH][CH][CH][CH]1.[Ru+]. The van der Waals surface area contributed by atoms with Gasteiger partial charge in [0, 0.05) is 18.1 Å². The van der Waals surface area contributed by atoms with Gasteiger partial charge in [0.05, 0.1) is 6.07 Å². The Hall–Kier alpha value is -2.29. The topological polar surface area (TPSA) is 40.9 Å². The third kappa shape index (κ3) is 15.5. The van der Waals surface area contributed by atoms with Crippen LogP contribution in [-0.4, -0.2) is 5.78 Å². The first kappa shape index (κ1) is 31.7. The van der Waals surface area contributed by atoms with Gasteiger partial charge in [-0.2, -0.15) is 5.26 Å². The summed E-state index contributed by atoms with van der Waals surface area (Å²) in [6, 6.07) is 21.3. The van der Waals surface area contributed by atoms with E-state index in [4.69, 9.17) is 5.26 Å². The second-order valence-electron chi connectivity index (χ2n) is 6.37. The Morgan fingerprint density at radius 2 is 0.882 bits per heavy atom. The molecule has 6 radical (unpaired) electrons. The molecule has 0 atom stereocenters. The minimum Gasteiger partial charge on any atom is -0.289 e. The van der Waals surface area contributed by atoms with Gasteiger partial charge in [0.25, 0.3) is 0 Å². The molecular formula is C24H20F6NOPRu. The van der Waals surface area contributed by atoms with Crippen molar-refractivity contribution in [3.05, 3.63) is 116 Å². The Morgan fingerprint density at radius 3 is 1.12 bits per heavy atom. The third-order valence-corrected chi connectivity index (χ3v) is 3.63. The van der Waals surface area contributed by atoms with Crippen LogP contribution in [0.4, 0.5) is 25.2 Å². The molecule has 2 nitrogen and oxygen atoms in total. The minimum atomic E-state index is -10.7. The van der Waals surface area contributed by atoms with Crippen molar-refractivity contribution in [3.8, 4) is 6.07 Å². The summed E-state index contributed by atoms with van der Waals surface area (Å²) in [5.41, 5.74) is 3.50. The molecule has 0 amide bonds. The number of hydrogen-bond donors (Lipinski definition) is 0. The van der Waals surface area contributed by atoms with Crippen LogP contribution in [0, 0.1) is 43.4 Å². The third-order valence-electron chi connectivity index (χ3n) is 3.63. The number of Topliss-reactive ketones (excluding diaryl/α,β-unsaturated/α-hetero) is 1. The zero-order valence-electron chi connectivity index (χ0n) is 17.7. The van der Waals surface area contributed by atoms with Gasteiger partial charge in [-0.25, -0.2) is 0 Å². The predicted molar refractivity (Wildman–Crippen MR) is 120 cm³/mol. The smallest absolute Gasteiger partial charge is 0.289 e. The van der Waals surface area contributed by atoms with Crippen LogP contribution in [0.3, 0.4) is 0 Å². The quantitative estimate of drug-likeness (QED) is 0.201. The van der Waals surface area contributed by atoms with Crippen LogP contribution in [0.2, 0.25) is 0 Å². The number of rotatable bonds is 2. The van der Waals surface area contributed by atoms with Crippen LogP contribution in [0.1, 0.15) is 18.1 Å². The largest absolute Gasteiger partial charge is 1.00 e. The van der Waals surface area contributed by atoms with E-state index in [1.54, 1.807) is 6.07 Å².